The number of hydrogen-bond donors (Lipinski definition) is 2. The van der Waals surface area contributed by atoms with Crippen LogP contribution in [0.1, 0.15) is 24.8 Å². The molecule has 0 aliphatic carbocycles. The SMILES string of the molecule is C#Cc1c(F)ccc2cc(O)cc(-c3ccc4c(N5CCOC(CO)C5)nc(OC[C@@]56CCCN5C[C@H](F)C6)nc4c3F)c12. The lowest BCUT2D eigenvalue weighted by Gasteiger charge is -2.34. The Morgan fingerprint density at radius 3 is 2.80 bits per heavy atom. The molecule has 3 fully saturated rings. The van der Waals surface area contributed by atoms with Crippen molar-refractivity contribution in [1.82, 2.24) is 14.9 Å². The van der Waals surface area contributed by atoms with E-state index in [9.17, 15) is 19.0 Å². The molecule has 3 atom stereocenters. The van der Waals surface area contributed by atoms with Gasteiger partial charge >= 0.3 is 6.01 Å². The number of nitrogens with zero attached hydrogens (tertiary/aromatic N) is 4. The quantitative estimate of drug-likeness (QED) is 0.310. The van der Waals surface area contributed by atoms with Gasteiger partial charge in [-0.3, -0.25) is 4.90 Å². The molecule has 44 heavy (non-hydrogen) atoms. The molecule has 8 nitrogen and oxygen atoms in total. The number of aliphatic hydroxyl groups excluding tert-OH is 1. The van der Waals surface area contributed by atoms with Crippen molar-refractivity contribution in [3.63, 3.8) is 0 Å². The Kier molecular flexibility index (Phi) is 7.23. The second-order valence-electron chi connectivity index (χ2n) is 11.8. The van der Waals surface area contributed by atoms with Crippen LogP contribution in [-0.2, 0) is 4.74 Å². The summed E-state index contributed by atoms with van der Waals surface area (Å²) in [6, 6.07) is 8.62. The Morgan fingerprint density at radius 1 is 1.11 bits per heavy atom. The van der Waals surface area contributed by atoms with Gasteiger partial charge in [-0.25, -0.2) is 13.2 Å². The van der Waals surface area contributed by atoms with Crippen LogP contribution in [-0.4, -0.2) is 88.9 Å². The third kappa shape index (κ3) is 4.78. The third-order valence-corrected chi connectivity index (χ3v) is 9.13. The lowest BCUT2D eigenvalue weighted by atomic mass is 9.93. The number of benzene rings is 3. The normalized spacial score (nSPS) is 23.8. The van der Waals surface area contributed by atoms with Crippen molar-refractivity contribution in [2.45, 2.75) is 37.1 Å². The fourth-order valence-corrected chi connectivity index (χ4v) is 7.09. The lowest BCUT2D eigenvalue weighted by molar-refractivity contribution is 0.00339. The minimum Gasteiger partial charge on any atom is -0.508 e. The third-order valence-electron chi connectivity index (χ3n) is 9.13. The zero-order valence-electron chi connectivity index (χ0n) is 23.9. The number of ether oxygens (including phenoxy) is 2. The van der Waals surface area contributed by atoms with E-state index in [1.54, 1.807) is 6.07 Å². The highest BCUT2D eigenvalue weighted by Crippen LogP contribution is 2.42. The van der Waals surface area contributed by atoms with Gasteiger partial charge in [0.2, 0.25) is 0 Å². The number of terminal acetylenes is 1. The predicted octanol–water partition coefficient (Wildman–Crippen LogP) is 4.57. The van der Waals surface area contributed by atoms with Gasteiger partial charge in [-0.05, 0) is 54.6 Å². The summed E-state index contributed by atoms with van der Waals surface area (Å²) in [5, 5.41) is 21.4. The molecule has 0 amide bonds. The number of phenolic OH excluding ortho intramolecular Hbond substituents is 1. The fourth-order valence-electron chi connectivity index (χ4n) is 7.09. The van der Waals surface area contributed by atoms with E-state index in [2.05, 4.69) is 15.8 Å². The molecule has 3 aliphatic rings. The molecule has 0 saturated carbocycles. The van der Waals surface area contributed by atoms with Gasteiger partial charge in [-0.15, -0.1) is 6.42 Å². The van der Waals surface area contributed by atoms with E-state index in [1.165, 1.54) is 30.3 Å². The Balaban J connectivity index is 1.38. The number of hydrogen-bond acceptors (Lipinski definition) is 8. The highest BCUT2D eigenvalue weighted by atomic mass is 19.1. The Labute approximate surface area is 252 Å². The highest BCUT2D eigenvalue weighted by molar-refractivity contribution is 6.04. The number of aromatic hydroxyl groups is 1. The molecule has 4 aromatic rings. The number of fused-ring (bicyclic) bond motifs is 3. The van der Waals surface area contributed by atoms with Crippen LogP contribution in [0.4, 0.5) is 19.0 Å². The lowest BCUT2D eigenvalue weighted by Crippen LogP contribution is -2.45. The molecule has 0 spiro atoms. The summed E-state index contributed by atoms with van der Waals surface area (Å²) in [5.41, 5.74) is -0.282. The molecular formula is C33H31F3N4O4. The van der Waals surface area contributed by atoms with Crippen molar-refractivity contribution < 1.29 is 32.9 Å². The number of anilines is 1. The molecule has 0 bridgehead atoms. The van der Waals surface area contributed by atoms with Crippen molar-refractivity contribution in [3.8, 4) is 35.2 Å². The van der Waals surface area contributed by atoms with Gasteiger partial charge in [-0.1, -0.05) is 18.1 Å². The first-order valence-corrected chi connectivity index (χ1v) is 14.7. The summed E-state index contributed by atoms with van der Waals surface area (Å²) in [5.74, 6) is 1.27. The van der Waals surface area contributed by atoms with E-state index < -0.39 is 29.4 Å². The molecule has 228 valence electrons. The van der Waals surface area contributed by atoms with Gasteiger partial charge in [0.15, 0.2) is 5.82 Å². The molecule has 1 unspecified atom stereocenters. The standard InChI is InChI=1S/C33H31F3N4O4/c1-2-23-27(35)7-4-19-12-21(42)13-26(28(19)23)24-5-6-25-30(29(24)36)37-32(38-31(25)39-10-11-43-22(16-39)17-41)44-18-33-8-3-9-40(33)15-20(34)14-33/h1,4-7,12-13,20,22,41-42H,3,8-11,14-18H2/t20-,22?,33+/m1/s1. The van der Waals surface area contributed by atoms with Gasteiger partial charge in [0, 0.05) is 42.4 Å². The van der Waals surface area contributed by atoms with Gasteiger partial charge in [0.1, 0.15) is 35.7 Å². The molecule has 3 aromatic carbocycles. The topological polar surface area (TPSA) is 91.2 Å². The number of halogens is 3. The molecule has 1 aromatic heterocycles. The minimum atomic E-state index is -0.939. The molecule has 11 heteroatoms. The van der Waals surface area contributed by atoms with Crippen molar-refractivity contribution in [2.75, 3.05) is 50.9 Å². The van der Waals surface area contributed by atoms with Crippen molar-refractivity contribution in [1.29, 1.82) is 0 Å². The maximum Gasteiger partial charge on any atom is 0.319 e. The highest BCUT2D eigenvalue weighted by Gasteiger charge is 2.49. The molecule has 3 aliphatic heterocycles. The molecule has 0 radical (unpaired) electrons. The van der Waals surface area contributed by atoms with Gasteiger partial charge in [0.05, 0.1) is 30.4 Å². The number of rotatable bonds is 6. The molecular weight excluding hydrogens is 573 g/mol. The van der Waals surface area contributed by atoms with E-state index in [1.807, 2.05) is 4.90 Å². The second-order valence-corrected chi connectivity index (χ2v) is 11.8. The summed E-state index contributed by atoms with van der Waals surface area (Å²) in [6.07, 6.45) is 6.34. The van der Waals surface area contributed by atoms with Crippen molar-refractivity contribution in [3.05, 3.63) is 53.6 Å². The maximum absolute atomic E-state index is 16.7. The average Bonchev–Trinajstić information content (AvgIpc) is 3.55. The monoisotopic (exact) mass is 604 g/mol. The van der Waals surface area contributed by atoms with E-state index in [-0.39, 0.29) is 52.6 Å². The number of phenols is 1. The van der Waals surface area contributed by atoms with E-state index in [0.29, 0.717) is 49.3 Å². The van der Waals surface area contributed by atoms with Crippen LogP contribution in [0.2, 0.25) is 0 Å². The number of alkyl halides is 1. The smallest absolute Gasteiger partial charge is 0.319 e. The first-order valence-electron chi connectivity index (χ1n) is 14.7. The van der Waals surface area contributed by atoms with Gasteiger partial charge < -0.3 is 24.6 Å². The zero-order chi connectivity index (χ0) is 30.6. The minimum absolute atomic E-state index is 0.0414. The Bertz CT molecular complexity index is 1810. The first-order chi connectivity index (χ1) is 21.3. The number of aliphatic hydroxyl groups is 1. The van der Waals surface area contributed by atoms with Crippen LogP contribution in [0.5, 0.6) is 11.8 Å². The molecule has 3 saturated heterocycles. The largest absolute Gasteiger partial charge is 0.508 e. The average molecular weight is 605 g/mol. The van der Waals surface area contributed by atoms with Crippen LogP contribution >= 0.6 is 0 Å². The summed E-state index contributed by atoms with van der Waals surface area (Å²) >= 11 is 0. The summed E-state index contributed by atoms with van der Waals surface area (Å²) in [4.78, 5) is 13.2. The summed E-state index contributed by atoms with van der Waals surface area (Å²) in [6.45, 7) is 2.20. The van der Waals surface area contributed by atoms with E-state index in [4.69, 9.17) is 20.9 Å². The number of aromatic nitrogens is 2. The molecule has 7 rings (SSSR count). The van der Waals surface area contributed by atoms with Crippen molar-refractivity contribution in [2.24, 2.45) is 0 Å². The predicted molar refractivity (Wildman–Crippen MR) is 160 cm³/mol. The van der Waals surface area contributed by atoms with E-state index >= 15 is 4.39 Å². The van der Waals surface area contributed by atoms with Crippen LogP contribution in [0.3, 0.4) is 0 Å². The van der Waals surface area contributed by atoms with Crippen LogP contribution < -0.4 is 9.64 Å². The summed E-state index contributed by atoms with van der Waals surface area (Å²) in [7, 11) is 0. The fraction of sp³-hybridized carbons (Fsp3) is 0.394. The van der Waals surface area contributed by atoms with Crippen LogP contribution in [0, 0.1) is 24.0 Å². The zero-order valence-corrected chi connectivity index (χ0v) is 23.9. The van der Waals surface area contributed by atoms with E-state index in [0.717, 1.165) is 19.4 Å². The Morgan fingerprint density at radius 2 is 1.98 bits per heavy atom. The Hall–Kier alpha value is -4.11. The van der Waals surface area contributed by atoms with Gasteiger partial charge in [-0.2, -0.15) is 9.97 Å². The molecule has 2 N–H and O–H groups in total. The summed E-state index contributed by atoms with van der Waals surface area (Å²) < 4.78 is 57.7. The van der Waals surface area contributed by atoms with Crippen LogP contribution in [0.15, 0.2) is 36.4 Å². The molecule has 4 heterocycles. The van der Waals surface area contributed by atoms with Crippen molar-refractivity contribution >= 4 is 27.5 Å². The first kappa shape index (κ1) is 28.6. The van der Waals surface area contributed by atoms with Gasteiger partial charge in [0.25, 0.3) is 0 Å². The van der Waals surface area contributed by atoms with Crippen LogP contribution in [0.25, 0.3) is 32.8 Å². The number of morpholine rings is 1. The maximum atomic E-state index is 16.7. The second kappa shape index (κ2) is 11.1.